The van der Waals surface area contributed by atoms with Crippen molar-refractivity contribution in [3.63, 3.8) is 0 Å². The molecule has 1 aromatic rings. The fourth-order valence-corrected chi connectivity index (χ4v) is 2.77. The van der Waals surface area contributed by atoms with E-state index in [0.717, 1.165) is 5.75 Å². The van der Waals surface area contributed by atoms with Gasteiger partial charge in [-0.1, -0.05) is 30.3 Å². The predicted octanol–water partition coefficient (Wildman–Crippen LogP) is 1.77. The average molecular weight is 261 g/mol. The van der Waals surface area contributed by atoms with Crippen LogP contribution in [0.2, 0.25) is 0 Å². The van der Waals surface area contributed by atoms with Gasteiger partial charge in [0.05, 0.1) is 0 Å². The molecule has 90 valence electrons. The van der Waals surface area contributed by atoms with Crippen LogP contribution in [0.1, 0.15) is 12.0 Å². The number of hydrogen-bond acceptors (Lipinski definition) is 3. The van der Waals surface area contributed by atoms with Gasteiger partial charge >= 0.3 is 7.60 Å². The van der Waals surface area contributed by atoms with Crippen LogP contribution in [0.5, 0.6) is 0 Å². The number of thioether (sulfide) groups is 1. The van der Waals surface area contributed by atoms with E-state index >= 15 is 0 Å². The first kappa shape index (κ1) is 13.7. The van der Waals surface area contributed by atoms with Gasteiger partial charge in [-0.05, 0) is 17.7 Å². The zero-order chi connectivity index (χ0) is 12.0. The Balaban J connectivity index is 2.20. The smallest absolute Gasteiger partial charge is 0.323 e. The van der Waals surface area contributed by atoms with Gasteiger partial charge in [0.25, 0.3) is 0 Å². The highest BCUT2D eigenvalue weighted by Gasteiger charge is 2.23. The van der Waals surface area contributed by atoms with Crippen molar-refractivity contribution in [3.8, 4) is 0 Å². The molecule has 0 bridgehead atoms. The van der Waals surface area contributed by atoms with E-state index in [1.54, 1.807) is 11.8 Å². The van der Waals surface area contributed by atoms with Crippen molar-refractivity contribution >= 4 is 19.4 Å². The summed E-state index contributed by atoms with van der Waals surface area (Å²) in [5.74, 6) is 0.464. The molecule has 0 aromatic heterocycles. The van der Waals surface area contributed by atoms with E-state index < -0.39 is 13.4 Å². The molecular weight excluding hydrogens is 245 g/mol. The fraction of sp³-hybridized carbons (Fsp3) is 0.400. The molecule has 4 N–H and O–H groups in total. The van der Waals surface area contributed by atoms with Crippen molar-refractivity contribution in [1.29, 1.82) is 0 Å². The molecule has 0 radical (unpaired) electrons. The van der Waals surface area contributed by atoms with Crippen LogP contribution in [0.15, 0.2) is 30.3 Å². The zero-order valence-corrected chi connectivity index (χ0v) is 10.5. The van der Waals surface area contributed by atoms with Crippen LogP contribution >= 0.6 is 19.4 Å². The van der Waals surface area contributed by atoms with E-state index in [1.165, 1.54) is 5.56 Å². The first-order valence-corrected chi connectivity index (χ1v) is 7.76. The van der Waals surface area contributed by atoms with Crippen LogP contribution in [-0.2, 0) is 10.3 Å². The van der Waals surface area contributed by atoms with Crippen molar-refractivity contribution in [1.82, 2.24) is 0 Å². The van der Waals surface area contributed by atoms with Gasteiger partial charge in [-0.15, -0.1) is 0 Å². The second-order valence-electron chi connectivity index (χ2n) is 3.48. The summed E-state index contributed by atoms with van der Waals surface area (Å²) in [7, 11) is -4.10. The first-order chi connectivity index (χ1) is 7.50. The fourth-order valence-electron chi connectivity index (χ4n) is 1.14. The Hall–Kier alpha value is -0.320. The highest BCUT2D eigenvalue weighted by atomic mass is 32.2. The van der Waals surface area contributed by atoms with Crippen molar-refractivity contribution in [2.45, 2.75) is 18.0 Å². The second-order valence-corrected chi connectivity index (χ2v) is 6.43. The molecular formula is C10H16NO3PS. The molecule has 0 fully saturated rings. The normalized spacial score (nSPS) is 13.7. The lowest BCUT2D eigenvalue weighted by atomic mass is 10.2. The third-order valence-corrected chi connectivity index (χ3v) is 4.29. The molecule has 0 unspecified atom stereocenters. The molecule has 0 amide bonds. The first-order valence-electron chi connectivity index (χ1n) is 4.92. The summed E-state index contributed by atoms with van der Waals surface area (Å²) in [5, 5.41) is 0. The number of rotatable bonds is 6. The summed E-state index contributed by atoms with van der Waals surface area (Å²) in [6.45, 7) is 0. The van der Waals surface area contributed by atoms with Crippen molar-refractivity contribution < 1.29 is 14.4 Å². The largest absolute Gasteiger partial charge is 0.342 e. The number of nitrogens with two attached hydrogens (primary N) is 1. The van der Waals surface area contributed by atoms with Gasteiger partial charge < -0.3 is 15.5 Å². The standard InChI is InChI=1S/C10H16NO3PS/c11-10(15(12,13)14)6-7-16-8-9-4-2-1-3-5-9/h1-5,10H,6-8,11H2,(H2,12,13,14)/t10-/m0/s1. The lowest BCUT2D eigenvalue weighted by molar-refractivity contribution is 0.357. The second kappa shape index (κ2) is 6.42. The summed E-state index contributed by atoms with van der Waals surface area (Å²) >= 11 is 1.63. The summed E-state index contributed by atoms with van der Waals surface area (Å²) in [6, 6.07) is 9.94. The Kier molecular flexibility index (Phi) is 5.52. The van der Waals surface area contributed by atoms with Crippen LogP contribution in [0.4, 0.5) is 0 Å². The molecule has 4 nitrogen and oxygen atoms in total. The third kappa shape index (κ3) is 5.14. The van der Waals surface area contributed by atoms with Gasteiger partial charge in [0.1, 0.15) is 5.78 Å². The van der Waals surface area contributed by atoms with Gasteiger partial charge in [-0.3, -0.25) is 4.57 Å². The molecule has 16 heavy (non-hydrogen) atoms. The molecule has 0 spiro atoms. The van der Waals surface area contributed by atoms with Gasteiger partial charge in [-0.25, -0.2) is 0 Å². The lowest BCUT2D eigenvalue weighted by Crippen LogP contribution is -2.20. The number of benzene rings is 1. The van der Waals surface area contributed by atoms with E-state index in [4.69, 9.17) is 15.5 Å². The monoisotopic (exact) mass is 261 g/mol. The quantitative estimate of drug-likeness (QED) is 0.537. The van der Waals surface area contributed by atoms with Crippen molar-refractivity contribution in [2.24, 2.45) is 5.73 Å². The molecule has 0 saturated heterocycles. The molecule has 1 aromatic carbocycles. The molecule has 0 saturated carbocycles. The van der Waals surface area contributed by atoms with Gasteiger partial charge in [0, 0.05) is 5.75 Å². The van der Waals surface area contributed by atoms with E-state index in [0.29, 0.717) is 12.2 Å². The Morgan fingerprint density at radius 2 is 1.94 bits per heavy atom. The minimum absolute atomic E-state index is 0.335. The third-order valence-electron chi connectivity index (χ3n) is 2.10. The van der Waals surface area contributed by atoms with Gasteiger partial charge in [-0.2, -0.15) is 11.8 Å². The van der Waals surface area contributed by atoms with Gasteiger partial charge in [0.15, 0.2) is 0 Å². The van der Waals surface area contributed by atoms with Crippen LogP contribution in [0, 0.1) is 0 Å². The maximum absolute atomic E-state index is 10.8. The Morgan fingerprint density at radius 3 is 2.50 bits per heavy atom. The maximum Gasteiger partial charge on any atom is 0.342 e. The SMILES string of the molecule is N[C@H](CCSCc1ccccc1)P(=O)(O)O. The molecule has 0 heterocycles. The minimum Gasteiger partial charge on any atom is -0.323 e. The number of hydrogen-bond donors (Lipinski definition) is 3. The topological polar surface area (TPSA) is 83.6 Å². The van der Waals surface area contributed by atoms with E-state index in [2.05, 4.69) is 0 Å². The molecule has 1 rings (SSSR count). The molecule has 0 aliphatic rings. The molecule has 0 aliphatic heterocycles. The minimum atomic E-state index is -4.10. The zero-order valence-electron chi connectivity index (χ0n) is 8.82. The van der Waals surface area contributed by atoms with E-state index in [-0.39, 0.29) is 0 Å². The van der Waals surface area contributed by atoms with Crippen LogP contribution in [-0.4, -0.2) is 21.3 Å². The predicted molar refractivity (Wildman–Crippen MR) is 67.2 cm³/mol. The molecule has 6 heteroatoms. The molecule has 0 aliphatic carbocycles. The highest BCUT2D eigenvalue weighted by Crippen LogP contribution is 2.40. The summed E-state index contributed by atoms with van der Waals surface area (Å²) in [6.07, 6.45) is 0.335. The summed E-state index contributed by atoms with van der Waals surface area (Å²) in [4.78, 5) is 17.6. The Morgan fingerprint density at radius 1 is 1.31 bits per heavy atom. The van der Waals surface area contributed by atoms with E-state index in [9.17, 15) is 4.57 Å². The Bertz CT molecular complexity index is 354. The van der Waals surface area contributed by atoms with E-state index in [1.807, 2.05) is 30.3 Å². The molecule has 1 atom stereocenters. The highest BCUT2D eigenvalue weighted by molar-refractivity contribution is 7.98. The summed E-state index contributed by atoms with van der Waals surface area (Å²) in [5.41, 5.74) is 6.56. The summed E-state index contributed by atoms with van der Waals surface area (Å²) < 4.78 is 10.8. The van der Waals surface area contributed by atoms with Crippen LogP contribution < -0.4 is 5.73 Å². The van der Waals surface area contributed by atoms with Crippen LogP contribution in [0.25, 0.3) is 0 Å². The van der Waals surface area contributed by atoms with Crippen LogP contribution in [0.3, 0.4) is 0 Å². The maximum atomic E-state index is 10.8. The average Bonchev–Trinajstić information content (AvgIpc) is 2.24. The van der Waals surface area contributed by atoms with Crippen molar-refractivity contribution in [3.05, 3.63) is 35.9 Å². The lowest BCUT2D eigenvalue weighted by Gasteiger charge is -2.12. The Labute approximate surface area is 99.4 Å². The van der Waals surface area contributed by atoms with Gasteiger partial charge in [0.2, 0.25) is 0 Å². The van der Waals surface area contributed by atoms with Crippen molar-refractivity contribution in [2.75, 3.05) is 5.75 Å².